The van der Waals surface area contributed by atoms with Gasteiger partial charge >= 0.3 is 12.0 Å². The third-order valence-corrected chi connectivity index (χ3v) is 2.76. The van der Waals surface area contributed by atoms with Crippen LogP contribution in [-0.2, 0) is 9.53 Å². The number of ether oxygens (including phenoxy) is 2. The maximum atomic E-state index is 11.8. The first-order valence-corrected chi connectivity index (χ1v) is 6.27. The highest BCUT2D eigenvalue weighted by Gasteiger charge is 2.24. The van der Waals surface area contributed by atoms with Crippen LogP contribution in [0.15, 0.2) is 24.3 Å². The minimum absolute atomic E-state index is 0.0657. The van der Waals surface area contributed by atoms with Crippen LogP contribution in [0.4, 0.5) is 10.5 Å². The Kier molecular flexibility index (Phi) is 5.83. The highest BCUT2D eigenvalue weighted by molar-refractivity contribution is 5.92. The summed E-state index contributed by atoms with van der Waals surface area (Å²) in [6.45, 7) is 3.66. The Morgan fingerprint density at radius 1 is 1.10 bits per heavy atom. The Labute approximate surface area is 118 Å². The lowest BCUT2D eigenvalue weighted by molar-refractivity contribution is -0.143. The van der Waals surface area contributed by atoms with Crippen molar-refractivity contribution in [3.63, 3.8) is 0 Å². The van der Waals surface area contributed by atoms with E-state index in [1.165, 1.54) is 7.11 Å². The average Bonchev–Trinajstić information content (AvgIpc) is 2.44. The molecule has 0 heterocycles. The van der Waals surface area contributed by atoms with Crippen LogP contribution < -0.4 is 15.4 Å². The molecule has 2 amide bonds. The summed E-state index contributed by atoms with van der Waals surface area (Å²) in [4.78, 5) is 23.4. The Bertz CT molecular complexity index is 457. The molecule has 110 valence electrons. The first-order valence-electron chi connectivity index (χ1n) is 6.27. The SMILES string of the molecule is COC(=O)[C@H](NC(=O)Nc1ccc(OC)cc1)C(C)C. The van der Waals surface area contributed by atoms with Gasteiger partial charge in [0.05, 0.1) is 14.2 Å². The third kappa shape index (κ3) is 4.46. The van der Waals surface area contributed by atoms with Crippen molar-refractivity contribution >= 4 is 17.7 Å². The number of carbonyl (C=O) groups excluding carboxylic acids is 2. The van der Waals surface area contributed by atoms with E-state index in [9.17, 15) is 9.59 Å². The molecule has 0 unspecified atom stereocenters. The van der Waals surface area contributed by atoms with E-state index in [-0.39, 0.29) is 5.92 Å². The standard InChI is InChI=1S/C14H20N2O4/c1-9(2)12(13(17)20-4)16-14(18)15-10-5-7-11(19-3)8-6-10/h5-9,12H,1-4H3,(H2,15,16,18)/t12-/m1/s1. The van der Waals surface area contributed by atoms with Crippen LogP contribution in [0, 0.1) is 5.92 Å². The second kappa shape index (κ2) is 7.37. The van der Waals surface area contributed by atoms with Crippen molar-refractivity contribution in [2.75, 3.05) is 19.5 Å². The smallest absolute Gasteiger partial charge is 0.328 e. The van der Waals surface area contributed by atoms with Gasteiger partial charge in [0.1, 0.15) is 11.8 Å². The minimum atomic E-state index is -0.682. The molecule has 0 aliphatic rings. The van der Waals surface area contributed by atoms with E-state index in [4.69, 9.17) is 4.74 Å². The molecule has 6 nitrogen and oxygen atoms in total. The summed E-state index contributed by atoms with van der Waals surface area (Å²) in [6.07, 6.45) is 0. The molecule has 0 radical (unpaired) electrons. The van der Waals surface area contributed by atoms with Crippen LogP contribution in [0.25, 0.3) is 0 Å². The molecule has 1 aromatic carbocycles. The van der Waals surface area contributed by atoms with Crippen molar-refractivity contribution in [2.45, 2.75) is 19.9 Å². The van der Waals surface area contributed by atoms with Gasteiger partial charge in [-0.05, 0) is 30.2 Å². The quantitative estimate of drug-likeness (QED) is 0.809. The molecule has 0 fully saturated rings. The fourth-order valence-electron chi connectivity index (χ4n) is 1.61. The van der Waals surface area contributed by atoms with Crippen molar-refractivity contribution in [1.29, 1.82) is 0 Å². The molecular weight excluding hydrogens is 260 g/mol. The lowest BCUT2D eigenvalue weighted by Gasteiger charge is -2.20. The first kappa shape index (κ1) is 15.8. The van der Waals surface area contributed by atoms with E-state index in [1.807, 2.05) is 13.8 Å². The predicted octanol–water partition coefficient (Wildman–Crippen LogP) is 2.01. The maximum absolute atomic E-state index is 11.8. The normalized spacial score (nSPS) is 11.7. The van der Waals surface area contributed by atoms with Crippen LogP contribution in [0.5, 0.6) is 5.75 Å². The van der Waals surface area contributed by atoms with Crippen LogP contribution in [0.2, 0.25) is 0 Å². The number of benzene rings is 1. The van der Waals surface area contributed by atoms with Crippen LogP contribution >= 0.6 is 0 Å². The third-order valence-electron chi connectivity index (χ3n) is 2.76. The van der Waals surface area contributed by atoms with Crippen LogP contribution in [0.3, 0.4) is 0 Å². The monoisotopic (exact) mass is 280 g/mol. The Morgan fingerprint density at radius 3 is 2.15 bits per heavy atom. The number of amides is 2. The largest absolute Gasteiger partial charge is 0.497 e. The van der Waals surface area contributed by atoms with Gasteiger partial charge in [-0.3, -0.25) is 0 Å². The van der Waals surface area contributed by atoms with E-state index in [2.05, 4.69) is 15.4 Å². The summed E-state index contributed by atoms with van der Waals surface area (Å²) in [5.74, 6) is 0.166. The molecule has 0 saturated carbocycles. The highest BCUT2D eigenvalue weighted by Crippen LogP contribution is 2.15. The van der Waals surface area contributed by atoms with Gasteiger partial charge < -0.3 is 20.1 Å². The fraction of sp³-hybridized carbons (Fsp3) is 0.429. The van der Waals surface area contributed by atoms with Crippen LogP contribution in [-0.4, -0.2) is 32.3 Å². The lowest BCUT2D eigenvalue weighted by Crippen LogP contribution is -2.46. The van der Waals surface area contributed by atoms with E-state index in [1.54, 1.807) is 31.4 Å². The zero-order valence-corrected chi connectivity index (χ0v) is 12.1. The van der Waals surface area contributed by atoms with Crippen LogP contribution in [0.1, 0.15) is 13.8 Å². The Morgan fingerprint density at radius 2 is 1.70 bits per heavy atom. The van der Waals surface area contributed by atoms with Crippen molar-refractivity contribution in [3.8, 4) is 5.75 Å². The summed E-state index contributed by atoms with van der Waals surface area (Å²) in [5, 5.41) is 5.23. The molecule has 2 N–H and O–H groups in total. The lowest BCUT2D eigenvalue weighted by atomic mass is 10.1. The second-order valence-electron chi connectivity index (χ2n) is 4.57. The maximum Gasteiger partial charge on any atom is 0.328 e. The van der Waals surface area contributed by atoms with Crippen molar-refractivity contribution in [1.82, 2.24) is 5.32 Å². The number of esters is 1. The van der Waals surface area contributed by atoms with Gasteiger partial charge in [-0.1, -0.05) is 13.8 Å². The molecule has 0 aromatic heterocycles. The minimum Gasteiger partial charge on any atom is -0.497 e. The molecule has 6 heteroatoms. The molecular formula is C14H20N2O4. The van der Waals surface area contributed by atoms with E-state index < -0.39 is 18.0 Å². The second-order valence-corrected chi connectivity index (χ2v) is 4.57. The van der Waals surface area contributed by atoms with Gasteiger partial charge in [-0.2, -0.15) is 0 Å². The van der Waals surface area contributed by atoms with Gasteiger partial charge in [-0.25, -0.2) is 9.59 Å². The molecule has 0 saturated heterocycles. The zero-order chi connectivity index (χ0) is 15.1. The molecule has 20 heavy (non-hydrogen) atoms. The van der Waals surface area contributed by atoms with E-state index >= 15 is 0 Å². The number of nitrogens with one attached hydrogen (secondary N) is 2. The number of urea groups is 1. The zero-order valence-electron chi connectivity index (χ0n) is 12.1. The molecule has 1 atom stereocenters. The summed E-state index contributed by atoms with van der Waals surface area (Å²) in [5.41, 5.74) is 0.607. The molecule has 0 aliphatic carbocycles. The van der Waals surface area contributed by atoms with Gasteiger partial charge in [0.15, 0.2) is 0 Å². The number of hydrogen-bond donors (Lipinski definition) is 2. The van der Waals surface area contributed by atoms with Crippen molar-refractivity contribution in [3.05, 3.63) is 24.3 Å². The Hall–Kier alpha value is -2.24. The number of anilines is 1. The summed E-state index contributed by atoms with van der Waals surface area (Å²) < 4.78 is 9.68. The molecule has 0 spiro atoms. The fourth-order valence-corrected chi connectivity index (χ4v) is 1.61. The van der Waals surface area contributed by atoms with E-state index in [0.717, 1.165) is 0 Å². The van der Waals surface area contributed by atoms with Gasteiger partial charge in [0.2, 0.25) is 0 Å². The van der Waals surface area contributed by atoms with E-state index in [0.29, 0.717) is 11.4 Å². The summed E-state index contributed by atoms with van der Waals surface area (Å²) in [6, 6.07) is 5.74. The number of rotatable bonds is 5. The van der Waals surface area contributed by atoms with Crippen molar-refractivity contribution < 1.29 is 19.1 Å². The van der Waals surface area contributed by atoms with Crippen molar-refractivity contribution in [2.24, 2.45) is 5.92 Å². The number of hydrogen-bond acceptors (Lipinski definition) is 4. The molecule has 0 aliphatic heterocycles. The predicted molar refractivity (Wildman–Crippen MR) is 75.8 cm³/mol. The number of carbonyl (C=O) groups is 2. The van der Waals surface area contributed by atoms with Gasteiger partial charge in [-0.15, -0.1) is 0 Å². The molecule has 1 aromatic rings. The Balaban J connectivity index is 2.63. The number of methoxy groups -OCH3 is 2. The first-order chi connectivity index (χ1) is 9.47. The van der Waals surface area contributed by atoms with Gasteiger partial charge in [0, 0.05) is 5.69 Å². The molecule has 0 bridgehead atoms. The average molecular weight is 280 g/mol. The van der Waals surface area contributed by atoms with Gasteiger partial charge in [0.25, 0.3) is 0 Å². The summed E-state index contributed by atoms with van der Waals surface area (Å²) >= 11 is 0. The molecule has 1 rings (SSSR count). The summed E-state index contributed by atoms with van der Waals surface area (Å²) in [7, 11) is 2.86. The highest BCUT2D eigenvalue weighted by atomic mass is 16.5. The topological polar surface area (TPSA) is 76.7 Å².